The van der Waals surface area contributed by atoms with Crippen molar-refractivity contribution in [2.45, 2.75) is 44.1 Å². The third-order valence-electron chi connectivity index (χ3n) is 5.41. The number of halogens is 1. The third-order valence-corrected chi connectivity index (χ3v) is 6.57. The molecule has 1 aromatic carbocycles. The minimum atomic E-state index is 0.413. The summed E-state index contributed by atoms with van der Waals surface area (Å²) in [4.78, 5) is 0. The summed E-state index contributed by atoms with van der Waals surface area (Å²) >= 11 is 3.91. The lowest BCUT2D eigenvalue weighted by Gasteiger charge is -2.59. The van der Waals surface area contributed by atoms with Gasteiger partial charge in [-0.25, -0.2) is 0 Å². The van der Waals surface area contributed by atoms with Crippen LogP contribution in [0.3, 0.4) is 0 Å². The van der Waals surface area contributed by atoms with Crippen LogP contribution in [0.2, 0.25) is 0 Å². The minimum Gasteiger partial charge on any atom is -0.303 e. The molecular formula is C16H20BrN. The second-order valence-corrected chi connectivity index (χ2v) is 7.47. The smallest absolute Gasteiger partial charge is 0.0523 e. The number of benzene rings is 1. The molecule has 0 amide bonds. The molecule has 0 radical (unpaired) electrons. The van der Waals surface area contributed by atoms with E-state index in [1.54, 1.807) is 0 Å². The molecule has 96 valence electrons. The van der Waals surface area contributed by atoms with Crippen molar-refractivity contribution in [3.05, 3.63) is 30.3 Å². The van der Waals surface area contributed by atoms with Crippen LogP contribution >= 0.6 is 16.1 Å². The maximum atomic E-state index is 3.91. The van der Waals surface area contributed by atoms with Crippen molar-refractivity contribution in [1.29, 1.82) is 0 Å². The van der Waals surface area contributed by atoms with E-state index in [1.807, 2.05) is 0 Å². The number of anilines is 1. The Bertz CT molecular complexity index is 406. The summed E-state index contributed by atoms with van der Waals surface area (Å²) in [5.41, 5.74) is 1.75. The lowest BCUT2D eigenvalue weighted by Crippen LogP contribution is -2.57. The van der Waals surface area contributed by atoms with Gasteiger partial charge in [-0.2, -0.15) is 0 Å². The first-order valence-electron chi connectivity index (χ1n) is 7.26. The predicted octanol–water partition coefficient (Wildman–Crippen LogP) is 4.77. The van der Waals surface area contributed by atoms with Crippen molar-refractivity contribution < 1.29 is 0 Å². The fourth-order valence-electron chi connectivity index (χ4n) is 5.14. The van der Waals surface area contributed by atoms with Crippen LogP contribution in [-0.4, -0.2) is 5.54 Å². The number of hydrogen-bond donors (Lipinski definition) is 0. The zero-order valence-electron chi connectivity index (χ0n) is 10.7. The van der Waals surface area contributed by atoms with Crippen LogP contribution in [0.1, 0.15) is 38.5 Å². The summed E-state index contributed by atoms with van der Waals surface area (Å²) < 4.78 is 2.44. The van der Waals surface area contributed by atoms with Crippen LogP contribution < -0.4 is 3.93 Å². The van der Waals surface area contributed by atoms with Gasteiger partial charge in [0.2, 0.25) is 0 Å². The molecule has 1 aromatic rings. The standard InChI is InChI=1S/C16H20BrN/c17-18(15-4-2-1-3-5-15)16-9-12-6-13(10-16)8-14(7-12)11-16/h1-5,12-14H,6-11H2. The van der Waals surface area contributed by atoms with Crippen molar-refractivity contribution >= 4 is 21.8 Å². The Labute approximate surface area is 118 Å². The minimum absolute atomic E-state index is 0.413. The van der Waals surface area contributed by atoms with E-state index in [-0.39, 0.29) is 0 Å². The van der Waals surface area contributed by atoms with Crippen LogP contribution in [-0.2, 0) is 0 Å². The molecule has 4 saturated carbocycles. The molecule has 4 bridgehead atoms. The Hall–Kier alpha value is -0.500. The molecule has 4 fully saturated rings. The molecule has 1 nitrogen and oxygen atoms in total. The first-order chi connectivity index (χ1) is 8.75. The highest BCUT2D eigenvalue weighted by Gasteiger charge is 2.53. The lowest BCUT2D eigenvalue weighted by molar-refractivity contribution is 0.00468. The van der Waals surface area contributed by atoms with Gasteiger partial charge in [0.25, 0.3) is 0 Å². The van der Waals surface area contributed by atoms with Crippen LogP contribution in [0, 0.1) is 17.8 Å². The molecule has 2 heteroatoms. The van der Waals surface area contributed by atoms with E-state index in [0.29, 0.717) is 5.54 Å². The maximum Gasteiger partial charge on any atom is 0.0523 e. The van der Waals surface area contributed by atoms with E-state index in [9.17, 15) is 0 Å². The molecule has 5 rings (SSSR count). The predicted molar refractivity (Wildman–Crippen MR) is 78.8 cm³/mol. The molecule has 0 unspecified atom stereocenters. The summed E-state index contributed by atoms with van der Waals surface area (Å²) in [6.07, 6.45) is 8.73. The fraction of sp³-hybridized carbons (Fsp3) is 0.625. The number of nitrogens with zero attached hydrogens (tertiary/aromatic N) is 1. The van der Waals surface area contributed by atoms with Gasteiger partial charge in [-0.3, -0.25) is 0 Å². The molecule has 0 aromatic heterocycles. The highest BCUT2D eigenvalue weighted by atomic mass is 79.9. The Kier molecular flexibility index (Phi) is 2.52. The van der Waals surface area contributed by atoms with Gasteiger partial charge in [0.15, 0.2) is 0 Å². The van der Waals surface area contributed by atoms with Crippen molar-refractivity contribution in [2.75, 3.05) is 3.93 Å². The van der Waals surface area contributed by atoms with E-state index in [4.69, 9.17) is 0 Å². The highest BCUT2D eigenvalue weighted by molar-refractivity contribution is 9.10. The zero-order valence-corrected chi connectivity index (χ0v) is 12.3. The van der Waals surface area contributed by atoms with Gasteiger partial charge in [0.1, 0.15) is 0 Å². The maximum absolute atomic E-state index is 3.91. The number of para-hydroxylation sites is 1. The van der Waals surface area contributed by atoms with Gasteiger partial charge in [-0.05, 0) is 68.4 Å². The average Bonchev–Trinajstić information content (AvgIpc) is 2.37. The summed E-state index contributed by atoms with van der Waals surface area (Å²) in [6, 6.07) is 10.8. The van der Waals surface area contributed by atoms with E-state index in [2.05, 4.69) is 50.4 Å². The Balaban J connectivity index is 1.67. The molecule has 0 heterocycles. The second kappa shape index (κ2) is 4.00. The SMILES string of the molecule is BrN(c1ccccc1)C12CC3CC(CC(C3)C1)C2. The Morgan fingerprint density at radius 1 is 0.889 bits per heavy atom. The quantitative estimate of drug-likeness (QED) is 0.711. The van der Waals surface area contributed by atoms with Gasteiger partial charge in [0, 0.05) is 5.69 Å². The van der Waals surface area contributed by atoms with Crippen molar-refractivity contribution in [3.63, 3.8) is 0 Å². The molecule has 0 aliphatic heterocycles. The van der Waals surface area contributed by atoms with E-state index in [0.717, 1.165) is 17.8 Å². The van der Waals surface area contributed by atoms with Crippen LogP contribution in [0.15, 0.2) is 30.3 Å². The van der Waals surface area contributed by atoms with E-state index in [1.165, 1.54) is 44.2 Å². The van der Waals surface area contributed by atoms with Crippen LogP contribution in [0.5, 0.6) is 0 Å². The van der Waals surface area contributed by atoms with Gasteiger partial charge in [-0.1, -0.05) is 18.2 Å². The first-order valence-corrected chi connectivity index (χ1v) is 7.97. The third kappa shape index (κ3) is 1.65. The summed E-state index contributed by atoms with van der Waals surface area (Å²) in [7, 11) is 0. The molecule has 18 heavy (non-hydrogen) atoms. The number of hydrogen-bond acceptors (Lipinski definition) is 1. The van der Waals surface area contributed by atoms with Crippen molar-refractivity contribution in [3.8, 4) is 0 Å². The molecule has 4 aliphatic carbocycles. The van der Waals surface area contributed by atoms with Crippen LogP contribution in [0.4, 0.5) is 5.69 Å². The summed E-state index contributed by atoms with van der Waals surface area (Å²) in [6.45, 7) is 0. The topological polar surface area (TPSA) is 3.24 Å². The van der Waals surface area contributed by atoms with Gasteiger partial charge in [0.05, 0.1) is 21.7 Å². The normalized spacial score (nSPS) is 41.1. The Morgan fingerprint density at radius 3 is 1.89 bits per heavy atom. The fourth-order valence-corrected chi connectivity index (χ4v) is 5.81. The first kappa shape index (κ1) is 11.3. The average molecular weight is 306 g/mol. The monoisotopic (exact) mass is 305 g/mol. The van der Waals surface area contributed by atoms with Gasteiger partial charge < -0.3 is 3.93 Å². The zero-order chi connectivity index (χ0) is 12.2. The number of rotatable bonds is 2. The Morgan fingerprint density at radius 2 is 1.39 bits per heavy atom. The molecule has 0 saturated heterocycles. The van der Waals surface area contributed by atoms with Gasteiger partial charge in [-0.15, -0.1) is 0 Å². The van der Waals surface area contributed by atoms with Gasteiger partial charge >= 0.3 is 0 Å². The lowest BCUT2D eigenvalue weighted by atomic mass is 9.53. The van der Waals surface area contributed by atoms with Crippen molar-refractivity contribution in [2.24, 2.45) is 17.8 Å². The molecule has 0 spiro atoms. The molecule has 4 aliphatic rings. The van der Waals surface area contributed by atoms with Crippen molar-refractivity contribution in [1.82, 2.24) is 0 Å². The summed E-state index contributed by atoms with van der Waals surface area (Å²) in [5, 5.41) is 0. The molecule has 0 atom stereocenters. The highest BCUT2D eigenvalue weighted by Crippen LogP contribution is 2.59. The van der Waals surface area contributed by atoms with Crippen LogP contribution in [0.25, 0.3) is 0 Å². The van der Waals surface area contributed by atoms with E-state index < -0.39 is 0 Å². The molecule has 0 N–H and O–H groups in total. The second-order valence-electron chi connectivity index (χ2n) is 6.76. The summed E-state index contributed by atoms with van der Waals surface area (Å²) in [5.74, 6) is 3.00. The molecular weight excluding hydrogens is 286 g/mol. The largest absolute Gasteiger partial charge is 0.303 e. The van der Waals surface area contributed by atoms with E-state index >= 15 is 0 Å².